The molecular weight excluding hydrogens is 275 g/mol. The van der Waals surface area contributed by atoms with E-state index in [2.05, 4.69) is 4.98 Å². The molecule has 0 saturated heterocycles. The van der Waals surface area contributed by atoms with Crippen LogP contribution < -0.4 is 5.73 Å². The quantitative estimate of drug-likeness (QED) is 0.906. The summed E-state index contributed by atoms with van der Waals surface area (Å²) < 4.78 is 0. The first-order chi connectivity index (χ1) is 7.66. The Labute approximate surface area is 117 Å². The van der Waals surface area contributed by atoms with E-state index in [9.17, 15) is 4.79 Å². The van der Waals surface area contributed by atoms with Gasteiger partial charge in [-0.05, 0) is 12.1 Å². The van der Waals surface area contributed by atoms with Gasteiger partial charge in [0.15, 0.2) is 0 Å². The van der Waals surface area contributed by atoms with E-state index < -0.39 is 12.0 Å². The smallest absolute Gasteiger partial charge is 0.320 e. The van der Waals surface area contributed by atoms with Gasteiger partial charge in [0.05, 0.1) is 5.52 Å². The lowest BCUT2D eigenvalue weighted by Gasteiger charge is -2.06. The van der Waals surface area contributed by atoms with Gasteiger partial charge in [0.1, 0.15) is 6.04 Å². The van der Waals surface area contributed by atoms with Crippen molar-refractivity contribution in [1.82, 2.24) is 4.98 Å². The summed E-state index contributed by atoms with van der Waals surface area (Å²) >= 11 is 0. The SMILES string of the molecule is Cl.Cl.N[C@H](Cc1ccc2ccccc2n1)C(=O)O. The first kappa shape index (κ1) is 16.6. The number of hydrogen-bond donors (Lipinski definition) is 2. The number of carboxylic acids is 1. The molecule has 0 spiro atoms. The third-order valence-electron chi connectivity index (χ3n) is 2.40. The van der Waals surface area contributed by atoms with Crippen molar-refractivity contribution in [2.45, 2.75) is 12.5 Å². The molecule has 18 heavy (non-hydrogen) atoms. The maximum atomic E-state index is 10.6. The molecule has 6 heteroatoms. The van der Waals surface area contributed by atoms with E-state index in [0.717, 1.165) is 10.9 Å². The maximum absolute atomic E-state index is 10.6. The van der Waals surface area contributed by atoms with Crippen LogP contribution in [0.15, 0.2) is 36.4 Å². The molecule has 0 amide bonds. The van der Waals surface area contributed by atoms with Crippen molar-refractivity contribution >= 4 is 41.7 Å². The van der Waals surface area contributed by atoms with Crippen molar-refractivity contribution in [3.8, 4) is 0 Å². The molecule has 1 aromatic carbocycles. The molecule has 1 aromatic heterocycles. The van der Waals surface area contributed by atoms with Gasteiger partial charge in [-0.25, -0.2) is 0 Å². The largest absolute Gasteiger partial charge is 0.480 e. The van der Waals surface area contributed by atoms with Crippen LogP contribution in [-0.2, 0) is 11.2 Å². The summed E-state index contributed by atoms with van der Waals surface area (Å²) in [6.45, 7) is 0. The van der Waals surface area contributed by atoms with Gasteiger partial charge in [0, 0.05) is 17.5 Å². The Kier molecular flexibility index (Phi) is 6.62. The number of halogens is 2. The Morgan fingerprint density at radius 2 is 1.89 bits per heavy atom. The lowest BCUT2D eigenvalue weighted by atomic mass is 10.1. The minimum absolute atomic E-state index is 0. The molecule has 2 aromatic rings. The Morgan fingerprint density at radius 1 is 1.22 bits per heavy atom. The Morgan fingerprint density at radius 3 is 2.56 bits per heavy atom. The van der Waals surface area contributed by atoms with Crippen LogP contribution in [0.1, 0.15) is 5.69 Å². The third-order valence-corrected chi connectivity index (χ3v) is 2.40. The molecule has 0 aliphatic carbocycles. The van der Waals surface area contributed by atoms with E-state index in [1.807, 2.05) is 36.4 Å². The molecule has 1 heterocycles. The highest BCUT2D eigenvalue weighted by Crippen LogP contribution is 2.12. The minimum atomic E-state index is -1.00. The Balaban J connectivity index is 0.00000144. The second kappa shape index (κ2) is 7.16. The molecule has 0 aliphatic heterocycles. The minimum Gasteiger partial charge on any atom is -0.480 e. The van der Waals surface area contributed by atoms with Crippen molar-refractivity contribution in [2.24, 2.45) is 5.73 Å². The van der Waals surface area contributed by atoms with Crippen molar-refractivity contribution in [2.75, 3.05) is 0 Å². The number of para-hydroxylation sites is 1. The van der Waals surface area contributed by atoms with Crippen LogP contribution in [-0.4, -0.2) is 22.1 Å². The fourth-order valence-electron chi connectivity index (χ4n) is 1.53. The topological polar surface area (TPSA) is 76.2 Å². The molecule has 0 aliphatic rings. The number of nitrogens with two attached hydrogens (primary N) is 1. The molecule has 3 N–H and O–H groups in total. The molecule has 0 fully saturated rings. The monoisotopic (exact) mass is 288 g/mol. The zero-order chi connectivity index (χ0) is 11.5. The van der Waals surface area contributed by atoms with Gasteiger partial charge in [-0.15, -0.1) is 24.8 Å². The fraction of sp³-hybridized carbons (Fsp3) is 0.167. The maximum Gasteiger partial charge on any atom is 0.320 e. The summed E-state index contributed by atoms with van der Waals surface area (Å²) in [6.07, 6.45) is 0.250. The molecule has 2 rings (SSSR count). The average Bonchev–Trinajstić information content (AvgIpc) is 2.28. The van der Waals surface area contributed by atoms with Crippen LogP contribution >= 0.6 is 24.8 Å². The van der Waals surface area contributed by atoms with E-state index in [0.29, 0.717) is 5.69 Å². The fourth-order valence-corrected chi connectivity index (χ4v) is 1.53. The number of carboxylic acid groups (broad SMARTS) is 1. The van der Waals surface area contributed by atoms with Gasteiger partial charge >= 0.3 is 5.97 Å². The van der Waals surface area contributed by atoms with Gasteiger partial charge in [-0.2, -0.15) is 0 Å². The summed E-state index contributed by atoms with van der Waals surface area (Å²) in [6, 6.07) is 10.5. The second-order valence-corrected chi connectivity index (χ2v) is 3.64. The lowest BCUT2D eigenvalue weighted by Crippen LogP contribution is -2.32. The number of pyridine rings is 1. The van der Waals surface area contributed by atoms with E-state index in [-0.39, 0.29) is 31.2 Å². The van der Waals surface area contributed by atoms with Crippen LogP contribution in [0.4, 0.5) is 0 Å². The molecule has 4 nitrogen and oxygen atoms in total. The summed E-state index contributed by atoms with van der Waals surface area (Å²) in [7, 11) is 0. The highest BCUT2D eigenvalue weighted by atomic mass is 35.5. The predicted octanol–water partition coefficient (Wildman–Crippen LogP) is 2.03. The molecule has 1 atom stereocenters. The van der Waals surface area contributed by atoms with Gasteiger partial charge in [-0.3, -0.25) is 9.78 Å². The number of hydrogen-bond acceptors (Lipinski definition) is 3. The molecule has 0 unspecified atom stereocenters. The number of benzene rings is 1. The Bertz CT molecular complexity index is 534. The average molecular weight is 289 g/mol. The van der Waals surface area contributed by atoms with Gasteiger partial charge in [-0.1, -0.05) is 24.3 Å². The first-order valence-corrected chi connectivity index (χ1v) is 5.00. The Hall–Kier alpha value is -1.36. The number of nitrogens with zero attached hydrogens (tertiary/aromatic N) is 1. The first-order valence-electron chi connectivity index (χ1n) is 5.00. The van der Waals surface area contributed by atoms with E-state index in [1.165, 1.54) is 0 Å². The summed E-state index contributed by atoms with van der Waals surface area (Å²) in [4.78, 5) is 15.0. The van der Waals surface area contributed by atoms with E-state index in [4.69, 9.17) is 10.8 Å². The van der Waals surface area contributed by atoms with Crippen LogP contribution in [0.5, 0.6) is 0 Å². The highest BCUT2D eigenvalue weighted by molar-refractivity contribution is 5.85. The lowest BCUT2D eigenvalue weighted by molar-refractivity contribution is -0.138. The van der Waals surface area contributed by atoms with Crippen LogP contribution in [0.2, 0.25) is 0 Å². The summed E-state index contributed by atoms with van der Waals surface area (Å²) in [5.74, 6) is -1.00. The molecule has 98 valence electrons. The van der Waals surface area contributed by atoms with Crippen LogP contribution in [0, 0.1) is 0 Å². The van der Waals surface area contributed by atoms with Gasteiger partial charge in [0.25, 0.3) is 0 Å². The summed E-state index contributed by atoms with van der Waals surface area (Å²) in [5.41, 5.74) is 7.01. The summed E-state index contributed by atoms with van der Waals surface area (Å²) in [5, 5.41) is 9.74. The van der Waals surface area contributed by atoms with Crippen LogP contribution in [0.25, 0.3) is 10.9 Å². The number of rotatable bonds is 3. The van der Waals surface area contributed by atoms with E-state index in [1.54, 1.807) is 0 Å². The van der Waals surface area contributed by atoms with Gasteiger partial charge in [0.2, 0.25) is 0 Å². The van der Waals surface area contributed by atoms with E-state index >= 15 is 0 Å². The highest BCUT2D eigenvalue weighted by Gasteiger charge is 2.12. The normalized spacial score (nSPS) is 11.2. The molecular formula is C12H14Cl2N2O2. The van der Waals surface area contributed by atoms with Crippen molar-refractivity contribution in [1.29, 1.82) is 0 Å². The number of fused-ring (bicyclic) bond motifs is 1. The van der Waals surface area contributed by atoms with Crippen molar-refractivity contribution in [3.05, 3.63) is 42.1 Å². The van der Waals surface area contributed by atoms with Gasteiger partial charge < -0.3 is 10.8 Å². The molecule has 0 bridgehead atoms. The standard InChI is InChI=1S/C12H12N2O2.2ClH/c13-10(12(15)16)7-9-6-5-8-3-1-2-4-11(8)14-9;;/h1-6,10H,7,13H2,(H,15,16);2*1H/t10-;;/m1../s1. The predicted molar refractivity (Wildman–Crippen MR) is 75.6 cm³/mol. The van der Waals surface area contributed by atoms with Crippen LogP contribution in [0.3, 0.4) is 0 Å². The number of carbonyl (C=O) groups is 1. The molecule has 0 saturated carbocycles. The number of aromatic nitrogens is 1. The second-order valence-electron chi connectivity index (χ2n) is 3.64. The zero-order valence-corrected chi connectivity index (χ0v) is 11.1. The molecule has 0 radical (unpaired) electrons. The van der Waals surface area contributed by atoms with Crippen molar-refractivity contribution < 1.29 is 9.90 Å². The third kappa shape index (κ3) is 3.84. The number of aliphatic carboxylic acids is 1. The van der Waals surface area contributed by atoms with Crippen molar-refractivity contribution in [3.63, 3.8) is 0 Å². The zero-order valence-electron chi connectivity index (χ0n) is 9.45.